The summed E-state index contributed by atoms with van der Waals surface area (Å²) in [4.78, 5) is 11.9. The van der Waals surface area contributed by atoms with E-state index in [2.05, 4.69) is 19.8 Å². The van der Waals surface area contributed by atoms with Gasteiger partial charge in [-0.05, 0) is 43.6 Å². The molecule has 0 bridgehead atoms. The summed E-state index contributed by atoms with van der Waals surface area (Å²) < 4.78 is 0. The first-order valence-electron chi connectivity index (χ1n) is 10.6. The van der Waals surface area contributed by atoms with Crippen LogP contribution < -0.4 is 0 Å². The second-order valence-corrected chi connectivity index (χ2v) is 8.26. The lowest BCUT2D eigenvalue weighted by Gasteiger charge is -2.28. The lowest BCUT2D eigenvalue weighted by Crippen LogP contribution is -2.33. The maximum Gasteiger partial charge on any atom is 0.306 e. The van der Waals surface area contributed by atoms with Crippen molar-refractivity contribution in [1.29, 1.82) is 0 Å². The maximum atomic E-state index is 11.9. The minimum absolute atomic E-state index is 0.0891. The predicted octanol–water partition coefficient (Wildman–Crippen LogP) is 4.40. The first-order chi connectivity index (χ1) is 12.8. The quantitative estimate of drug-likeness (QED) is 0.267. The van der Waals surface area contributed by atoms with Crippen LogP contribution in [0.25, 0.3) is 0 Å². The molecule has 0 spiro atoms. The predicted molar refractivity (Wildman–Crippen MR) is 109 cm³/mol. The van der Waals surface area contributed by atoms with Crippen molar-refractivity contribution in [2.75, 3.05) is 0 Å². The van der Waals surface area contributed by atoms with Gasteiger partial charge in [0.2, 0.25) is 0 Å². The SMILES string of the molecule is C#C[C@](O)(C=C[C@@H]1[C@H](C(CCCCC)C(=O)O)[C@@H](O)C[C@H]1C)CCCCC. The van der Waals surface area contributed by atoms with Gasteiger partial charge in [0.05, 0.1) is 12.0 Å². The second kappa shape index (κ2) is 11.5. The van der Waals surface area contributed by atoms with E-state index in [1.54, 1.807) is 6.08 Å². The van der Waals surface area contributed by atoms with E-state index in [-0.39, 0.29) is 17.8 Å². The van der Waals surface area contributed by atoms with E-state index in [9.17, 15) is 20.1 Å². The highest BCUT2D eigenvalue weighted by atomic mass is 16.4. The third-order valence-electron chi connectivity index (χ3n) is 6.07. The number of rotatable bonds is 12. The highest BCUT2D eigenvalue weighted by Crippen LogP contribution is 2.44. The Morgan fingerprint density at radius 2 is 1.89 bits per heavy atom. The van der Waals surface area contributed by atoms with E-state index in [0.717, 1.165) is 38.5 Å². The van der Waals surface area contributed by atoms with Gasteiger partial charge in [-0.15, -0.1) is 6.42 Å². The molecule has 0 aromatic carbocycles. The average Bonchev–Trinajstić information content (AvgIpc) is 2.90. The molecule has 0 amide bonds. The van der Waals surface area contributed by atoms with Crippen LogP contribution in [-0.2, 0) is 4.79 Å². The molecule has 6 atom stereocenters. The van der Waals surface area contributed by atoms with Crippen molar-refractivity contribution < 1.29 is 20.1 Å². The maximum absolute atomic E-state index is 11.9. The van der Waals surface area contributed by atoms with Crippen LogP contribution >= 0.6 is 0 Å². The zero-order chi connectivity index (χ0) is 20.4. The summed E-state index contributed by atoms with van der Waals surface area (Å²) in [5.74, 6) is 0.826. The number of aliphatic carboxylic acids is 1. The highest BCUT2D eigenvalue weighted by molar-refractivity contribution is 5.70. The molecule has 0 aromatic heterocycles. The molecule has 27 heavy (non-hydrogen) atoms. The molecule has 0 radical (unpaired) electrons. The summed E-state index contributed by atoms with van der Waals surface area (Å²) in [6, 6.07) is 0. The van der Waals surface area contributed by atoms with Crippen LogP contribution in [0.15, 0.2) is 12.2 Å². The Kier molecular flexibility index (Phi) is 10.1. The van der Waals surface area contributed by atoms with Crippen molar-refractivity contribution >= 4 is 5.97 Å². The number of terminal acetylenes is 1. The zero-order valence-corrected chi connectivity index (χ0v) is 17.2. The molecular weight excluding hydrogens is 340 g/mol. The molecule has 1 unspecified atom stereocenters. The zero-order valence-electron chi connectivity index (χ0n) is 17.2. The van der Waals surface area contributed by atoms with Gasteiger partial charge in [-0.25, -0.2) is 0 Å². The molecule has 154 valence electrons. The van der Waals surface area contributed by atoms with Gasteiger partial charge in [-0.2, -0.15) is 0 Å². The van der Waals surface area contributed by atoms with Gasteiger partial charge in [0.1, 0.15) is 5.60 Å². The first-order valence-corrected chi connectivity index (χ1v) is 10.6. The van der Waals surface area contributed by atoms with E-state index >= 15 is 0 Å². The molecular formula is C23H38O4. The van der Waals surface area contributed by atoms with E-state index in [4.69, 9.17) is 6.42 Å². The molecule has 1 aliphatic rings. The second-order valence-electron chi connectivity index (χ2n) is 8.26. The van der Waals surface area contributed by atoms with Crippen LogP contribution in [0, 0.1) is 36.0 Å². The number of allylic oxidation sites excluding steroid dienone is 1. The number of hydrogen-bond acceptors (Lipinski definition) is 3. The molecule has 1 rings (SSSR count). The van der Waals surface area contributed by atoms with Crippen molar-refractivity contribution in [3.63, 3.8) is 0 Å². The van der Waals surface area contributed by atoms with Crippen LogP contribution in [0.1, 0.15) is 78.6 Å². The Hall–Kier alpha value is -1.31. The van der Waals surface area contributed by atoms with Crippen LogP contribution in [0.2, 0.25) is 0 Å². The van der Waals surface area contributed by atoms with Crippen molar-refractivity contribution in [3.05, 3.63) is 12.2 Å². The summed E-state index contributed by atoms with van der Waals surface area (Å²) >= 11 is 0. The van der Waals surface area contributed by atoms with Crippen LogP contribution in [0.4, 0.5) is 0 Å². The number of hydrogen-bond donors (Lipinski definition) is 3. The molecule has 0 aromatic rings. The third kappa shape index (κ3) is 6.97. The minimum atomic E-state index is -1.30. The number of aliphatic hydroxyl groups excluding tert-OH is 1. The van der Waals surface area contributed by atoms with Crippen molar-refractivity contribution in [1.82, 2.24) is 0 Å². The summed E-state index contributed by atoms with van der Waals surface area (Å²) in [6.45, 7) is 6.23. The Labute approximate surface area is 165 Å². The molecule has 1 fully saturated rings. The monoisotopic (exact) mass is 378 g/mol. The van der Waals surface area contributed by atoms with Gasteiger partial charge in [0, 0.05) is 5.92 Å². The molecule has 4 nitrogen and oxygen atoms in total. The minimum Gasteiger partial charge on any atom is -0.481 e. The van der Waals surface area contributed by atoms with Gasteiger partial charge in [0.15, 0.2) is 0 Å². The third-order valence-corrected chi connectivity index (χ3v) is 6.07. The smallest absolute Gasteiger partial charge is 0.306 e. The van der Waals surface area contributed by atoms with Crippen LogP contribution in [-0.4, -0.2) is 33.0 Å². The van der Waals surface area contributed by atoms with Gasteiger partial charge < -0.3 is 15.3 Å². The normalized spacial score (nSPS) is 28.7. The van der Waals surface area contributed by atoms with Gasteiger partial charge in [0.25, 0.3) is 0 Å². The molecule has 0 saturated heterocycles. The molecule has 0 aliphatic heterocycles. The lowest BCUT2D eigenvalue weighted by atomic mass is 9.77. The van der Waals surface area contributed by atoms with E-state index < -0.39 is 23.6 Å². The Bertz CT molecular complexity index is 521. The number of aliphatic hydroxyl groups is 2. The van der Waals surface area contributed by atoms with Crippen molar-refractivity contribution in [3.8, 4) is 12.3 Å². The summed E-state index contributed by atoms with van der Waals surface area (Å²) in [6.07, 6.45) is 16.0. The van der Waals surface area contributed by atoms with Gasteiger partial charge in [-0.1, -0.05) is 64.9 Å². The van der Waals surface area contributed by atoms with Crippen molar-refractivity contribution in [2.24, 2.45) is 23.7 Å². The van der Waals surface area contributed by atoms with E-state index in [1.165, 1.54) is 0 Å². The molecule has 1 aliphatic carbocycles. The molecule has 0 heterocycles. The fraction of sp³-hybridized carbons (Fsp3) is 0.783. The van der Waals surface area contributed by atoms with Gasteiger partial charge in [-0.3, -0.25) is 4.79 Å². The first kappa shape index (κ1) is 23.7. The Morgan fingerprint density at radius 1 is 1.26 bits per heavy atom. The lowest BCUT2D eigenvalue weighted by molar-refractivity contribution is -0.146. The largest absolute Gasteiger partial charge is 0.481 e. The molecule has 4 heteroatoms. The summed E-state index contributed by atoms with van der Waals surface area (Å²) in [7, 11) is 0. The van der Waals surface area contributed by atoms with Gasteiger partial charge >= 0.3 is 5.97 Å². The number of carboxylic acids is 1. The van der Waals surface area contributed by atoms with Crippen LogP contribution in [0.5, 0.6) is 0 Å². The number of unbranched alkanes of at least 4 members (excludes halogenated alkanes) is 4. The topological polar surface area (TPSA) is 77.8 Å². The summed E-state index contributed by atoms with van der Waals surface area (Å²) in [5.41, 5.74) is -1.30. The Morgan fingerprint density at radius 3 is 2.44 bits per heavy atom. The number of carboxylic acid groups (broad SMARTS) is 1. The highest BCUT2D eigenvalue weighted by Gasteiger charge is 2.45. The van der Waals surface area contributed by atoms with Crippen molar-refractivity contribution in [2.45, 2.75) is 90.3 Å². The van der Waals surface area contributed by atoms with Crippen LogP contribution in [0.3, 0.4) is 0 Å². The van der Waals surface area contributed by atoms with E-state index in [0.29, 0.717) is 19.3 Å². The number of carbonyl (C=O) groups is 1. The fourth-order valence-corrected chi connectivity index (χ4v) is 4.40. The molecule has 1 saturated carbocycles. The van der Waals surface area contributed by atoms with E-state index in [1.807, 2.05) is 13.0 Å². The fourth-order valence-electron chi connectivity index (χ4n) is 4.40. The average molecular weight is 379 g/mol. The Balaban J connectivity index is 2.96. The summed E-state index contributed by atoms with van der Waals surface area (Å²) in [5, 5.41) is 31.0. The molecule has 3 N–H and O–H groups in total. The standard InChI is InChI=1S/C23H38O4/c1-5-8-10-12-19(22(25)26)21-18(17(4)16-20(21)24)13-15-23(27,7-3)14-11-9-6-2/h3,13,15,17-21,24,27H,5-6,8-12,14,16H2,1-2,4H3,(H,25,26)/t17-,18+,19?,20+,21-,23-/m1/s1.